The zero-order valence-electron chi connectivity index (χ0n) is 10.7. The summed E-state index contributed by atoms with van der Waals surface area (Å²) in [4.78, 5) is 0. The van der Waals surface area contributed by atoms with Crippen molar-refractivity contribution in [2.75, 3.05) is 6.54 Å². The summed E-state index contributed by atoms with van der Waals surface area (Å²) in [5.74, 6) is 1.04. The van der Waals surface area contributed by atoms with Crippen LogP contribution in [-0.4, -0.2) is 17.8 Å². The van der Waals surface area contributed by atoms with Gasteiger partial charge < -0.3 is 10.8 Å². The molecular formula is C15H19ClFNO. The zero-order valence-corrected chi connectivity index (χ0v) is 11.5. The van der Waals surface area contributed by atoms with E-state index in [9.17, 15) is 9.50 Å². The quantitative estimate of drug-likeness (QED) is 0.892. The van der Waals surface area contributed by atoms with Crippen LogP contribution in [0.5, 0.6) is 0 Å². The van der Waals surface area contributed by atoms with E-state index in [-0.39, 0.29) is 23.4 Å². The number of hydrogen-bond donors (Lipinski definition) is 2. The van der Waals surface area contributed by atoms with Crippen molar-refractivity contribution >= 4 is 11.6 Å². The van der Waals surface area contributed by atoms with Gasteiger partial charge in [0.2, 0.25) is 0 Å². The van der Waals surface area contributed by atoms with Crippen LogP contribution in [0.1, 0.15) is 30.7 Å². The van der Waals surface area contributed by atoms with Gasteiger partial charge in [0, 0.05) is 12.5 Å². The molecule has 0 amide bonds. The monoisotopic (exact) mass is 283 g/mol. The van der Waals surface area contributed by atoms with Gasteiger partial charge in [-0.3, -0.25) is 0 Å². The standard InChI is InChI=1S/C15H19ClFNO/c16-13-3-1-2-11(14(13)17)12(7-18)15(19)10-5-8-4-9(8)6-10/h1-3,8-10,12,15,19H,4-7,18H2. The molecule has 104 valence electrons. The minimum absolute atomic E-state index is 0.0948. The summed E-state index contributed by atoms with van der Waals surface area (Å²) >= 11 is 5.81. The number of aliphatic hydroxyl groups is 1. The fourth-order valence-corrected chi connectivity index (χ4v) is 3.81. The van der Waals surface area contributed by atoms with E-state index in [0.717, 1.165) is 24.7 Å². The van der Waals surface area contributed by atoms with E-state index < -0.39 is 11.9 Å². The number of benzene rings is 1. The van der Waals surface area contributed by atoms with Crippen molar-refractivity contribution in [2.45, 2.75) is 31.3 Å². The number of fused-ring (bicyclic) bond motifs is 1. The molecule has 0 heterocycles. The van der Waals surface area contributed by atoms with Gasteiger partial charge in [-0.25, -0.2) is 4.39 Å². The third-order valence-electron chi connectivity index (χ3n) is 4.81. The molecule has 1 aromatic carbocycles. The van der Waals surface area contributed by atoms with Crippen molar-refractivity contribution in [2.24, 2.45) is 23.5 Å². The number of hydrogen-bond acceptors (Lipinski definition) is 2. The molecule has 2 aliphatic carbocycles. The van der Waals surface area contributed by atoms with E-state index in [1.807, 2.05) is 0 Å². The first kappa shape index (κ1) is 13.3. The van der Waals surface area contributed by atoms with Gasteiger partial charge in [0.25, 0.3) is 0 Å². The van der Waals surface area contributed by atoms with Crippen molar-refractivity contribution in [1.82, 2.24) is 0 Å². The van der Waals surface area contributed by atoms with Crippen LogP contribution in [0.15, 0.2) is 18.2 Å². The predicted molar refractivity (Wildman–Crippen MR) is 73.5 cm³/mol. The summed E-state index contributed by atoms with van der Waals surface area (Å²) in [5.41, 5.74) is 6.22. The fraction of sp³-hybridized carbons (Fsp3) is 0.600. The Labute approximate surface area is 117 Å². The maximum atomic E-state index is 14.1. The maximum absolute atomic E-state index is 14.1. The lowest BCUT2D eigenvalue weighted by molar-refractivity contribution is 0.0778. The molecule has 0 radical (unpaired) electrons. The second kappa shape index (κ2) is 5.04. The lowest BCUT2D eigenvalue weighted by atomic mass is 9.83. The van der Waals surface area contributed by atoms with Crippen molar-refractivity contribution in [3.05, 3.63) is 34.6 Å². The van der Waals surface area contributed by atoms with E-state index in [1.165, 1.54) is 12.5 Å². The molecule has 3 N–H and O–H groups in total. The average Bonchev–Trinajstić information content (AvgIpc) is 3.02. The van der Waals surface area contributed by atoms with Crippen molar-refractivity contribution in [1.29, 1.82) is 0 Å². The summed E-state index contributed by atoms with van der Waals surface area (Å²) < 4.78 is 14.1. The summed E-state index contributed by atoms with van der Waals surface area (Å²) in [6, 6.07) is 4.91. The second-order valence-electron chi connectivity index (χ2n) is 5.96. The van der Waals surface area contributed by atoms with Gasteiger partial charge in [-0.1, -0.05) is 23.7 Å². The summed E-state index contributed by atoms with van der Waals surface area (Å²) in [7, 11) is 0. The molecule has 1 aromatic rings. The Kier molecular flexibility index (Phi) is 3.54. The maximum Gasteiger partial charge on any atom is 0.145 e. The Hall–Kier alpha value is -0.640. The Morgan fingerprint density at radius 2 is 2.00 bits per heavy atom. The highest BCUT2D eigenvalue weighted by Crippen LogP contribution is 2.56. The highest BCUT2D eigenvalue weighted by atomic mass is 35.5. The van der Waals surface area contributed by atoms with Gasteiger partial charge >= 0.3 is 0 Å². The Morgan fingerprint density at radius 3 is 2.63 bits per heavy atom. The summed E-state index contributed by atoms with van der Waals surface area (Å²) in [6.45, 7) is 0.240. The van der Waals surface area contributed by atoms with Crippen LogP contribution >= 0.6 is 11.6 Å². The lowest BCUT2D eigenvalue weighted by Crippen LogP contribution is -2.32. The van der Waals surface area contributed by atoms with Gasteiger partial charge in [0.15, 0.2) is 0 Å². The van der Waals surface area contributed by atoms with Crippen molar-refractivity contribution in [3.8, 4) is 0 Å². The normalized spacial score (nSPS) is 31.9. The van der Waals surface area contributed by atoms with Crippen molar-refractivity contribution in [3.63, 3.8) is 0 Å². The van der Waals surface area contributed by atoms with Crippen LogP contribution in [0.2, 0.25) is 5.02 Å². The number of nitrogens with two attached hydrogens (primary N) is 1. The van der Waals surface area contributed by atoms with Crippen LogP contribution < -0.4 is 5.73 Å². The topological polar surface area (TPSA) is 46.2 Å². The molecule has 2 fully saturated rings. The first-order valence-electron chi connectivity index (χ1n) is 6.93. The summed E-state index contributed by atoms with van der Waals surface area (Å²) in [6.07, 6.45) is 2.86. The molecule has 0 spiro atoms. The largest absolute Gasteiger partial charge is 0.392 e. The van der Waals surface area contributed by atoms with Gasteiger partial charge in [-0.05, 0) is 48.6 Å². The van der Waals surface area contributed by atoms with E-state index in [0.29, 0.717) is 5.56 Å². The van der Waals surface area contributed by atoms with Gasteiger partial charge in [0.05, 0.1) is 11.1 Å². The fourth-order valence-electron chi connectivity index (χ4n) is 3.63. The van der Waals surface area contributed by atoms with E-state index in [1.54, 1.807) is 12.1 Å². The molecule has 4 heteroatoms. The number of rotatable bonds is 4. The molecule has 0 aromatic heterocycles. The third kappa shape index (κ3) is 2.39. The predicted octanol–water partition coefficient (Wildman–Crippen LogP) is 2.93. The van der Waals surface area contributed by atoms with E-state index in [4.69, 9.17) is 17.3 Å². The second-order valence-corrected chi connectivity index (χ2v) is 6.37. The molecule has 0 aliphatic heterocycles. The molecule has 19 heavy (non-hydrogen) atoms. The van der Waals surface area contributed by atoms with Crippen LogP contribution in [-0.2, 0) is 0 Å². The number of aliphatic hydroxyl groups excluding tert-OH is 1. The Balaban J connectivity index is 1.81. The minimum Gasteiger partial charge on any atom is -0.392 e. The summed E-state index contributed by atoms with van der Waals surface area (Å²) in [5, 5.41) is 10.6. The lowest BCUT2D eigenvalue weighted by Gasteiger charge is -2.28. The third-order valence-corrected chi connectivity index (χ3v) is 5.10. The van der Waals surface area contributed by atoms with Crippen LogP contribution in [0, 0.1) is 23.6 Å². The highest BCUT2D eigenvalue weighted by Gasteiger charge is 2.48. The molecule has 4 unspecified atom stereocenters. The van der Waals surface area contributed by atoms with Crippen LogP contribution in [0.4, 0.5) is 4.39 Å². The van der Waals surface area contributed by atoms with Crippen LogP contribution in [0.3, 0.4) is 0 Å². The zero-order chi connectivity index (χ0) is 13.6. The molecule has 2 nitrogen and oxygen atoms in total. The average molecular weight is 284 g/mol. The van der Waals surface area contributed by atoms with E-state index >= 15 is 0 Å². The smallest absolute Gasteiger partial charge is 0.145 e. The Morgan fingerprint density at radius 1 is 1.32 bits per heavy atom. The first-order chi connectivity index (χ1) is 9.11. The van der Waals surface area contributed by atoms with Gasteiger partial charge in [0.1, 0.15) is 5.82 Å². The van der Waals surface area contributed by atoms with Crippen LogP contribution in [0.25, 0.3) is 0 Å². The Bertz CT molecular complexity index is 471. The van der Waals surface area contributed by atoms with Crippen molar-refractivity contribution < 1.29 is 9.50 Å². The van der Waals surface area contributed by atoms with Gasteiger partial charge in [-0.2, -0.15) is 0 Å². The molecule has 2 aliphatic rings. The first-order valence-corrected chi connectivity index (χ1v) is 7.31. The molecule has 3 rings (SSSR count). The van der Waals surface area contributed by atoms with E-state index in [2.05, 4.69) is 0 Å². The highest BCUT2D eigenvalue weighted by molar-refractivity contribution is 6.30. The molecule has 4 atom stereocenters. The molecular weight excluding hydrogens is 265 g/mol. The molecule has 0 saturated heterocycles. The molecule has 0 bridgehead atoms. The van der Waals surface area contributed by atoms with Gasteiger partial charge in [-0.15, -0.1) is 0 Å². The minimum atomic E-state index is -0.564. The number of halogens is 2. The SMILES string of the molecule is NCC(c1cccc(Cl)c1F)C(O)C1CC2CC2C1. The molecule has 2 saturated carbocycles.